The van der Waals surface area contributed by atoms with Crippen molar-refractivity contribution in [2.24, 2.45) is 0 Å². The van der Waals surface area contributed by atoms with Crippen LogP contribution in [0.2, 0.25) is 0 Å². The molecule has 88 valence electrons. The maximum absolute atomic E-state index is 5.82. The third-order valence-electron chi connectivity index (χ3n) is 2.77. The number of nitrogens with two attached hydrogens (primary N) is 1. The molecule has 0 fully saturated rings. The fraction of sp³-hybridized carbons (Fsp3) is 0.250. The van der Waals surface area contributed by atoms with Gasteiger partial charge in [0.05, 0.1) is 5.56 Å². The number of benzene rings is 1. The second kappa shape index (κ2) is 3.69. The molecule has 1 aromatic carbocycles. The molecule has 1 aliphatic heterocycles. The molecule has 2 aromatic rings. The van der Waals surface area contributed by atoms with Crippen LogP contribution in [-0.2, 0) is 6.42 Å². The molecular weight excluding hydrogens is 220 g/mol. The minimum absolute atomic E-state index is 0.262. The summed E-state index contributed by atoms with van der Waals surface area (Å²) in [5, 5.41) is 3.79. The highest BCUT2D eigenvalue weighted by Gasteiger charge is 2.19. The summed E-state index contributed by atoms with van der Waals surface area (Å²) >= 11 is 0. The van der Waals surface area contributed by atoms with Gasteiger partial charge in [0, 0.05) is 6.42 Å². The lowest BCUT2D eigenvalue weighted by molar-refractivity contribution is 0.174. The average Bonchev–Trinajstić information content (AvgIpc) is 2.93. The molecule has 0 radical (unpaired) electrons. The van der Waals surface area contributed by atoms with E-state index in [1.54, 1.807) is 0 Å². The van der Waals surface area contributed by atoms with Gasteiger partial charge in [-0.15, -0.1) is 0 Å². The number of ether oxygens (including phenoxy) is 2. The van der Waals surface area contributed by atoms with Gasteiger partial charge in [-0.05, 0) is 17.7 Å². The van der Waals surface area contributed by atoms with Crippen molar-refractivity contribution in [3.05, 3.63) is 24.0 Å². The van der Waals surface area contributed by atoms with E-state index in [2.05, 4.69) is 5.16 Å². The first-order valence-electron chi connectivity index (χ1n) is 5.43. The number of nitrogens with zero attached hydrogens (tertiary/aromatic N) is 1. The van der Waals surface area contributed by atoms with Crippen molar-refractivity contribution in [3.63, 3.8) is 0 Å². The molecule has 3 rings (SSSR count). The van der Waals surface area contributed by atoms with Gasteiger partial charge >= 0.3 is 0 Å². The monoisotopic (exact) mass is 232 g/mol. The molecule has 0 bridgehead atoms. The molecule has 17 heavy (non-hydrogen) atoms. The molecule has 0 saturated carbocycles. The van der Waals surface area contributed by atoms with E-state index in [1.165, 1.54) is 0 Å². The summed E-state index contributed by atoms with van der Waals surface area (Å²) in [4.78, 5) is 0. The summed E-state index contributed by atoms with van der Waals surface area (Å²) in [5.74, 6) is 2.66. The van der Waals surface area contributed by atoms with E-state index >= 15 is 0 Å². The molecule has 0 amide bonds. The quantitative estimate of drug-likeness (QED) is 0.859. The molecule has 5 nitrogen and oxygen atoms in total. The molecule has 0 spiro atoms. The summed E-state index contributed by atoms with van der Waals surface area (Å²) < 4.78 is 15.8. The summed E-state index contributed by atoms with van der Waals surface area (Å²) in [7, 11) is 0. The van der Waals surface area contributed by atoms with Crippen LogP contribution >= 0.6 is 0 Å². The highest BCUT2D eigenvalue weighted by atomic mass is 16.7. The first-order chi connectivity index (χ1) is 8.29. The molecule has 5 heteroatoms. The molecule has 1 aromatic heterocycles. The number of aryl methyl sites for hydroxylation is 1. The summed E-state index contributed by atoms with van der Waals surface area (Å²) in [5.41, 5.74) is 7.59. The van der Waals surface area contributed by atoms with Crippen molar-refractivity contribution in [2.75, 3.05) is 12.5 Å². The van der Waals surface area contributed by atoms with E-state index in [9.17, 15) is 0 Å². The number of fused-ring (bicyclic) bond motifs is 1. The number of anilines is 1. The van der Waals surface area contributed by atoms with E-state index < -0.39 is 0 Å². The van der Waals surface area contributed by atoms with Crippen molar-refractivity contribution < 1.29 is 14.0 Å². The van der Waals surface area contributed by atoms with Crippen LogP contribution in [-0.4, -0.2) is 11.9 Å². The topological polar surface area (TPSA) is 70.5 Å². The Bertz CT molecular complexity index is 563. The SMILES string of the molecule is CCc1onc(N)c1-c1ccc2c(c1)OCO2. The van der Waals surface area contributed by atoms with Crippen molar-refractivity contribution in [3.8, 4) is 22.6 Å². The lowest BCUT2D eigenvalue weighted by atomic mass is 10.0. The predicted octanol–water partition coefficient (Wildman–Crippen LogP) is 2.21. The van der Waals surface area contributed by atoms with Gasteiger partial charge in [0.2, 0.25) is 6.79 Å². The van der Waals surface area contributed by atoms with Crippen LogP contribution in [0.3, 0.4) is 0 Å². The van der Waals surface area contributed by atoms with E-state index in [4.69, 9.17) is 19.7 Å². The number of hydrogen-bond donors (Lipinski definition) is 1. The smallest absolute Gasteiger partial charge is 0.231 e. The molecule has 0 saturated heterocycles. The van der Waals surface area contributed by atoms with Crippen LogP contribution in [0.25, 0.3) is 11.1 Å². The van der Waals surface area contributed by atoms with Crippen LogP contribution in [0.1, 0.15) is 12.7 Å². The van der Waals surface area contributed by atoms with Gasteiger partial charge in [-0.1, -0.05) is 18.1 Å². The van der Waals surface area contributed by atoms with Crippen LogP contribution in [0.5, 0.6) is 11.5 Å². The van der Waals surface area contributed by atoms with Gasteiger partial charge in [0.25, 0.3) is 0 Å². The van der Waals surface area contributed by atoms with Gasteiger partial charge < -0.3 is 19.7 Å². The Hall–Kier alpha value is -2.17. The molecule has 0 atom stereocenters. The van der Waals surface area contributed by atoms with Gasteiger partial charge in [0.1, 0.15) is 5.76 Å². The van der Waals surface area contributed by atoms with E-state index in [0.29, 0.717) is 5.82 Å². The maximum atomic E-state index is 5.82. The van der Waals surface area contributed by atoms with Crippen LogP contribution < -0.4 is 15.2 Å². The largest absolute Gasteiger partial charge is 0.454 e. The third-order valence-corrected chi connectivity index (χ3v) is 2.77. The fourth-order valence-corrected chi connectivity index (χ4v) is 1.94. The van der Waals surface area contributed by atoms with Crippen LogP contribution in [0.15, 0.2) is 22.7 Å². The number of rotatable bonds is 2. The fourth-order valence-electron chi connectivity index (χ4n) is 1.94. The van der Waals surface area contributed by atoms with Gasteiger partial charge in [-0.3, -0.25) is 0 Å². The third kappa shape index (κ3) is 1.51. The van der Waals surface area contributed by atoms with Crippen molar-refractivity contribution in [1.29, 1.82) is 0 Å². The summed E-state index contributed by atoms with van der Waals surface area (Å²) in [6.07, 6.45) is 0.744. The Balaban J connectivity index is 2.12. The highest BCUT2D eigenvalue weighted by Crippen LogP contribution is 2.38. The second-order valence-corrected chi connectivity index (χ2v) is 3.79. The Labute approximate surface area is 98.1 Å². The van der Waals surface area contributed by atoms with Crippen molar-refractivity contribution in [1.82, 2.24) is 5.16 Å². The average molecular weight is 232 g/mol. The zero-order chi connectivity index (χ0) is 11.8. The van der Waals surface area contributed by atoms with Gasteiger partial charge in [-0.25, -0.2) is 0 Å². The zero-order valence-corrected chi connectivity index (χ0v) is 9.40. The first-order valence-corrected chi connectivity index (χ1v) is 5.43. The molecule has 0 aliphatic carbocycles. The lowest BCUT2D eigenvalue weighted by Crippen LogP contribution is -1.93. The molecule has 0 unspecified atom stereocenters. The van der Waals surface area contributed by atoms with E-state index in [0.717, 1.165) is 34.8 Å². The normalized spacial score (nSPS) is 13.0. The summed E-state index contributed by atoms with van der Waals surface area (Å²) in [6, 6.07) is 5.68. The number of aromatic nitrogens is 1. The second-order valence-electron chi connectivity index (χ2n) is 3.79. The Kier molecular flexibility index (Phi) is 2.18. The maximum Gasteiger partial charge on any atom is 0.231 e. The highest BCUT2D eigenvalue weighted by molar-refractivity contribution is 5.77. The zero-order valence-electron chi connectivity index (χ0n) is 9.40. The standard InChI is InChI=1S/C12H12N2O3/c1-2-8-11(12(13)14-17-8)7-3-4-9-10(5-7)16-6-15-9/h3-5H,2,6H2,1H3,(H2,13,14). The number of hydrogen-bond acceptors (Lipinski definition) is 5. The molecule has 2 N–H and O–H groups in total. The predicted molar refractivity (Wildman–Crippen MR) is 61.9 cm³/mol. The molecule has 2 heterocycles. The molecular formula is C12H12N2O3. The molecule has 1 aliphatic rings. The van der Waals surface area contributed by atoms with Crippen LogP contribution in [0.4, 0.5) is 5.82 Å². The van der Waals surface area contributed by atoms with Crippen LogP contribution in [0, 0.1) is 0 Å². The Morgan fingerprint density at radius 3 is 2.94 bits per heavy atom. The Morgan fingerprint density at radius 1 is 1.29 bits per heavy atom. The van der Waals surface area contributed by atoms with Crippen molar-refractivity contribution >= 4 is 5.82 Å². The first kappa shape index (κ1) is 10.0. The van der Waals surface area contributed by atoms with Crippen molar-refractivity contribution in [2.45, 2.75) is 13.3 Å². The number of nitrogen functional groups attached to an aromatic ring is 1. The summed E-state index contributed by atoms with van der Waals surface area (Å²) in [6.45, 7) is 2.26. The lowest BCUT2D eigenvalue weighted by Gasteiger charge is -2.02. The minimum Gasteiger partial charge on any atom is -0.454 e. The Morgan fingerprint density at radius 2 is 2.12 bits per heavy atom. The van der Waals surface area contributed by atoms with E-state index in [-0.39, 0.29) is 6.79 Å². The minimum atomic E-state index is 0.262. The van der Waals surface area contributed by atoms with E-state index in [1.807, 2.05) is 25.1 Å². The van der Waals surface area contributed by atoms with Gasteiger partial charge in [0.15, 0.2) is 17.3 Å². The van der Waals surface area contributed by atoms with Gasteiger partial charge in [-0.2, -0.15) is 0 Å².